The van der Waals surface area contributed by atoms with Crippen molar-refractivity contribution in [1.29, 1.82) is 0 Å². The highest BCUT2D eigenvalue weighted by atomic mass is 16.3. The van der Waals surface area contributed by atoms with Gasteiger partial charge in [-0.15, -0.1) is 0 Å². The number of hydrogen-bond donors (Lipinski definition) is 2. The molecule has 0 aromatic heterocycles. The number of aliphatic hydroxyl groups excluding tert-OH is 1. The quantitative estimate of drug-likeness (QED) is 0.742. The van der Waals surface area contributed by atoms with Crippen molar-refractivity contribution in [3.05, 3.63) is 35.9 Å². The summed E-state index contributed by atoms with van der Waals surface area (Å²) in [6, 6.07) is 10.6. The third-order valence-corrected chi connectivity index (χ3v) is 4.20. The summed E-state index contributed by atoms with van der Waals surface area (Å²) in [5, 5.41) is 9.67. The highest BCUT2D eigenvalue weighted by Gasteiger charge is 2.35. The second-order valence-corrected chi connectivity index (χ2v) is 5.85. The van der Waals surface area contributed by atoms with Gasteiger partial charge < -0.3 is 10.8 Å². The molecular weight excluding hydrogens is 222 g/mol. The number of aryl methyl sites for hydroxylation is 1. The van der Waals surface area contributed by atoms with Crippen molar-refractivity contribution < 1.29 is 5.11 Å². The standard InChI is InChI=1S/C16H25NO/c17-12-16(13-18,11-15-8-9-15)10-4-7-14-5-2-1-3-6-14/h1-3,5-6,15,18H,4,7-13,17H2. The van der Waals surface area contributed by atoms with Crippen molar-refractivity contribution in [3.8, 4) is 0 Å². The second-order valence-electron chi connectivity index (χ2n) is 5.85. The van der Waals surface area contributed by atoms with Gasteiger partial charge in [-0.1, -0.05) is 43.2 Å². The largest absolute Gasteiger partial charge is 0.396 e. The number of aliphatic hydroxyl groups is 1. The molecule has 1 aliphatic carbocycles. The average Bonchev–Trinajstić information content (AvgIpc) is 3.23. The van der Waals surface area contributed by atoms with Crippen LogP contribution in [0.4, 0.5) is 0 Å². The van der Waals surface area contributed by atoms with Gasteiger partial charge in [0.15, 0.2) is 0 Å². The third-order valence-electron chi connectivity index (χ3n) is 4.20. The molecule has 1 saturated carbocycles. The van der Waals surface area contributed by atoms with Gasteiger partial charge in [-0.2, -0.15) is 0 Å². The van der Waals surface area contributed by atoms with E-state index in [0.717, 1.165) is 31.6 Å². The van der Waals surface area contributed by atoms with Gasteiger partial charge in [0, 0.05) is 18.6 Å². The monoisotopic (exact) mass is 247 g/mol. The van der Waals surface area contributed by atoms with Crippen molar-refractivity contribution in [2.45, 2.75) is 38.5 Å². The molecule has 1 aliphatic rings. The van der Waals surface area contributed by atoms with Gasteiger partial charge >= 0.3 is 0 Å². The van der Waals surface area contributed by atoms with Gasteiger partial charge in [0.25, 0.3) is 0 Å². The van der Waals surface area contributed by atoms with E-state index in [1.807, 2.05) is 0 Å². The number of hydrogen-bond acceptors (Lipinski definition) is 2. The highest BCUT2D eigenvalue weighted by Crippen LogP contribution is 2.42. The van der Waals surface area contributed by atoms with Gasteiger partial charge in [-0.3, -0.25) is 0 Å². The lowest BCUT2D eigenvalue weighted by Gasteiger charge is -2.30. The molecule has 3 N–H and O–H groups in total. The molecule has 2 rings (SSSR count). The smallest absolute Gasteiger partial charge is 0.0499 e. The number of nitrogens with two attached hydrogens (primary N) is 1. The van der Waals surface area contributed by atoms with E-state index in [2.05, 4.69) is 30.3 Å². The summed E-state index contributed by atoms with van der Waals surface area (Å²) in [6.45, 7) is 0.865. The Kier molecular flexibility index (Phi) is 4.79. The number of rotatable bonds is 8. The Labute approximate surface area is 110 Å². The Morgan fingerprint density at radius 2 is 1.94 bits per heavy atom. The lowest BCUT2D eigenvalue weighted by Crippen LogP contribution is -2.35. The normalized spacial score (nSPS) is 18.6. The fourth-order valence-corrected chi connectivity index (χ4v) is 2.74. The molecule has 0 amide bonds. The molecule has 0 aliphatic heterocycles. The van der Waals surface area contributed by atoms with Crippen LogP contribution in [0.2, 0.25) is 0 Å². The zero-order valence-electron chi connectivity index (χ0n) is 11.1. The molecule has 0 radical (unpaired) electrons. The molecule has 0 heterocycles. The summed E-state index contributed by atoms with van der Waals surface area (Å²) in [6.07, 6.45) is 7.04. The number of benzene rings is 1. The van der Waals surface area contributed by atoms with Crippen LogP contribution < -0.4 is 5.73 Å². The van der Waals surface area contributed by atoms with E-state index in [4.69, 9.17) is 5.73 Å². The molecular formula is C16H25NO. The minimum Gasteiger partial charge on any atom is -0.396 e. The van der Waals surface area contributed by atoms with Gasteiger partial charge in [0.2, 0.25) is 0 Å². The predicted molar refractivity (Wildman–Crippen MR) is 75.3 cm³/mol. The van der Waals surface area contributed by atoms with Crippen molar-refractivity contribution in [1.82, 2.24) is 0 Å². The fourth-order valence-electron chi connectivity index (χ4n) is 2.74. The van der Waals surface area contributed by atoms with Crippen LogP contribution in [0.1, 0.15) is 37.7 Å². The van der Waals surface area contributed by atoms with Crippen LogP contribution in [0.5, 0.6) is 0 Å². The van der Waals surface area contributed by atoms with Crippen LogP contribution in [0.3, 0.4) is 0 Å². The lowest BCUT2D eigenvalue weighted by molar-refractivity contribution is 0.104. The van der Waals surface area contributed by atoms with Gasteiger partial charge in [0.05, 0.1) is 0 Å². The summed E-state index contributed by atoms with van der Waals surface area (Å²) < 4.78 is 0. The fraction of sp³-hybridized carbons (Fsp3) is 0.625. The van der Waals surface area contributed by atoms with Gasteiger partial charge in [-0.25, -0.2) is 0 Å². The second kappa shape index (κ2) is 6.35. The topological polar surface area (TPSA) is 46.2 Å². The van der Waals surface area contributed by atoms with Crippen LogP contribution in [0, 0.1) is 11.3 Å². The minimum absolute atomic E-state index is 0.0179. The molecule has 1 aromatic carbocycles. The van der Waals surface area contributed by atoms with E-state index in [1.165, 1.54) is 18.4 Å². The summed E-state index contributed by atoms with van der Waals surface area (Å²) in [4.78, 5) is 0. The Bertz CT molecular complexity index is 341. The summed E-state index contributed by atoms with van der Waals surface area (Å²) in [7, 11) is 0. The Balaban J connectivity index is 1.81. The van der Waals surface area contributed by atoms with Gasteiger partial charge in [-0.05, 0) is 37.2 Å². The molecule has 0 spiro atoms. The maximum absolute atomic E-state index is 9.67. The summed E-state index contributed by atoms with van der Waals surface area (Å²) in [5.74, 6) is 0.831. The van der Waals surface area contributed by atoms with E-state index < -0.39 is 0 Å². The third kappa shape index (κ3) is 3.82. The van der Waals surface area contributed by atoms with Gasteiger partial charge in [0.1, 0.15) is 0 Å². The summed E-state index contributed by atoms with van der Waals surface area (Å²) >= 11 is 0. The molecule has 1 atom stereocenters. The maximum atomic E-state index is 9.67. The molecule has 18 heavy (non-hydrogen) atoms. The van der Waals surface area contributed by atoms with Crippen LogP contribution >= 0.6 is 0 Å². The molecule has 2 heteroatoms. The van der Waals surface area contributed by atoms with Crippen LogP contribution in [-0.2, 0) is 6.42 Å². The average molecular weight is 247 g/mol. The molecule has 100 valence electrons. The lowest BCUT2D eigenvalue weighted by atomic mass is 9.78. The summed E-state index contributed by atoms with van der Waals surface area (Å²) in [5.41, 5.74) is 7.28. The van der Waals surface area contributed by atoms with E-state index in [-0.39, 0.29) is 12.0 Å². The van der Waals surface area contributed by atoms with Crippen molar-refractivity contribution in [2.24, 2.45) is 17.1 Å². The SMILES string of the molecule is NCC(CO)(CCCc1ccccc1)CC1CC1. The van der Waals surface area contributed by atoms with Crippen molar-refractivity contribution >= 4 is 0 Å². The first-order chi connectivity index (χ1) is 8.78. The first-order valence-electron chi connectivity index (χ1n) is 7.13. The van der Waals surface area contributed by atoms with Crippen molar-refractivity contribution in [3.63, 3.8) is 0 Å². The minimum atomic E-state index is -0.0179. The Hall–Kier alpha value is -0.860. The van der Waals surface area contributed by atoms with E-state index in [9.17, 15) is 5.11 Å². The van der Waals surface area contributed by atoms with E-state index in [1.54, 1.807) is 0 Å². The molecule has 1 unspecified atom stereocenters. The van der Waals surface area contributed by atoms with Crippen LogP contribution in [0.25, 0.3) is 0 Å². The Morgan fingerprint density at radius 3 is 2.50 bits per heavy atom. The zero-order chi connectivity index (χ0) is 12.8. The first kappa shape index (κ1) is 13.6. The maximum Gasteiger partial charge on any atom is 0.0499 e. The zero-order valence-corrected chi connectivity index (χ0v) is 11.1. The highest BCUT2D eigenvalue weighted by molar-refractivity contribution is 5.14. The molecule has 1 aromatic rings. The molecule has 0 bridgehead atoms. The van der Waals surface area contributed by atoms with E-state index >= 15 is 0 Å². The molecule has 0 saturated heterocycles. The first-order valence-corrected chi connectivity index (χ1v) is 7.13. The van der Waals surface area contributed by atoms with E-state index in [0.29, 0.717) is 6.54 Å². The Morgan fingerprint density at radius 1 is 1.22 bits per heavy atom. The molecule has 1 fully saturated rings. The van der Waals surface area contributed by atoms with Crippen molar-refractivity contribution in [2.75, 3.05) is 13.2 Å². The predicted octanol–water partition coefficient (Wildman–Crippen LogP) is 2.75. The van der Waals surface area contributed by atoms with Crippen LogP contribution in [-0.4, -0.2) is 18.3 Å². The van der Waals surface area contributed by atoms with Crippen LogP contribution in [0.15, 0.2) is 30.3 Å². The molecule has 2 nitrogen and oxygen atoms in total.